The number of phenols is 1. The number of aryl methyl sites for hydroxylation is 2. The van der Waals surface area contributed by atoms with E-state index in [0.29, 0.717) is 45.4 Å². The lowest BCUT2D eigenvalue weighted by atomic mass is 10.1. The predicted octanol–water partition coefficient (Wildman–Crippen LogP) is 21.5. The van der Waals surface area contributed by atoms with E-state index in [1.165, 1.54) is 19.2 Å². The molecule has 670 valence electrons. The molecule has 18 aromatic rings. The Balaban J connectivity index is 0.000000133. The molecule has 8 aromatic heterocycles. The maximum absolute atomic E-state index is 12.2. The number of rotatable bonds is 37. The van der Waals surface area contributed by atoms with Gasteiger partial charge in [0.1, 0.15) is 108 Å². The molecule has 0 spiro atoms. The van der Waals surface area contributed by atoms with Gasteiger partial charge in [-0.3, -0.25) is 20.0 Å². The van der Waals surface area contributed by atoms with Crippen LogP contribution in [-0.4, -0.2) is 203 Å². The number of fused-ring (bicyclic) bond motifs is 8. The van der Waals surface area contributed by atoms with E-state index in [4.69, 9.17) is 42.6 Å². The Kier molecular flexibility index (Phi) is 29.8. The first-order valence-electron chi connectivity index (χ1n) is 44.6. The van der Waals surface area contributed by atoms with Gasteiger partial charge in [0.05, 0.1) is 50.4 Å². The Morgan fingerprint density at radius 2 is 0.713 bits per heavy atom. The summed E-state index contributed by atoms with van der Waals surface area (Å²) in [5.41, 5.74) is 17.4. The number of nitrogens with zero attached hydrogens (tertiary/aromatic N) is 10. The molecule has 0 radical (unpaired) electrons. The fraction of sp³-hybridized carbons (Fsp3) is 0.294. The van der Waals surface area contributed by atoms with E-state index in [1.54, 1.807) is 18.2 Å². The van der Waals surface area contributed by atoms with Crippen LogP contribution in [0.2, 0.25) is 0 Å². The molecule has 0 saturated carbocycles. The summed E-state index contributed by atoms with van der Waals surface area (Å²) in [6.45, 7) is 34.5. The topological polar surface area (TPSA) is 280 Å². The van der Waals surface area contributed by atoms with E-state index in [1.807, 2.05) is 133 Å². The highest BCUT2D eigenvalue weighted by Gasteiger charge is 2.23. The lowest BCUT2D eigenvalue weighted by Gasteiger charge is -2.18. The third-order valence-corrected chi connectivity index (χ3v) is 24.8. The summed E-state index contributed by atoms with van der Waals surface area (Å²) in [5.74, 6) is 5.80. The fourth-order valence-corrected chi connectivity index (χ4v) is 16.5. The van der Waals surface area contributed by atoms with Crippen molar-refractivity contribution in [2.45, 2.75) is 68.6 Å². The van der Waals surface area contributed by atoms with Crippen LogP contribution >= 0.6 is 7.60 Å². The second kappa shape index (κ2) is 42.5. The summed E-state index contributed by atoms with van der Waals surface area (Å²) in [6, 6.07) is 76.3. The Hall–Kier alpha value is -13.3. The Morgan fingerprint density at radius 1 is 0.357 bits per heavy atom. The Morgan fingerprint density at radius 3 is 1.13 bits per heavy atom. The number of nitrogens with one attached hydrogen (secondary N) is 6. The van der Waals surface area contributed by atoms with Crippen LogP contribution in [0.1, 0.15) is 66.5 Å². The second-order valence-corrected chi connectivity index (χ2v) is 33.8. The van der Waals surface area contributed by atoms with Gasteiger partial charge in [0.25, 0.3) is 0 Å². The first-order chi connectivity index (χ1) is 62.9. The van der Waals surface area contributed by atoms with E-state index in [0.717, 1.165) is 252 Å². The molecular weight excluding hydrogens is 1640 g/mol. The summed E-state index contributed by atoms with van der Waals surface area (Å²) in [4.78, 5) is 19.8. The zero-order valence-electron chi connectivity index (χ0n) is 75.7. The highest BCUT2D eigenvalue weighted by Crippen LogP contribution is 2.45. The van der Waals surface area contributed by atoms with E-state index in [9.17, 15) is 9.67 Å². The van der Waals surface area contributed by atoms with E-state index >= 15 is 0 Å². The minimum Gasteiger partial charge on any atom is -0.508 e. The van der Waals surface area contributed by atoms with Crippen molar-refractivity contribution in [1.82, 2.24) is 79.5 Å². The van der Waals surface area contributed by atoms with Crippen molar-refractivity contribution >= 4 is 94.8 Å². The van der Waals surface area contributed by atoms with Gasteiger partial charge in [-0.05, 0) is 209 Å². The standard InChI is InChI=1S/C30H34N4O2.C28H30N4O2.C23H29N4O4P.C21H24N4O2/c1-5-34(6-2)16-17-35-25-13-12-23-18-29(32(3)28(23)20-25)30-26-19-24(14-15-27(26)33(4)31-30)36-21-22-10-8-7-9-11-22;1-3-32(4-2)14-15-33-23-11-10-21-16-27(29-26(21)18-23)28-24-17-22(12-13-25(24)30-31-28)34-19-20-8-6-5-7-9-20;1-5-27(6-2)11-12-30-17-8-7-16-13-22(24-21(16)15-17)23-19-14-18(31-32(4,28)29-3)9-10-20(19)25-26-23;1-3-25(4-2)9-10-27-16-7-5-14-11-20(22-19(14)13-16)21-17-12-15(26)6-8-18(17)23-24-21/h7-15,18-20H,5-6,16-17,21H2,1-4H3;5-13,16-18,29H,3-4,14-15,19H2,1-2H3,(H,30,31);7-10,13-15,24H,5-6,11-12H2,1-4H3,(H,25,26);5-8,11-13,22,26H,3-4,9-10H2,1-2H3,(H,23,24). The molecule has 0 fully saturated rings. The summed E-state index contributed by atoms with van der Waals surface area (Å²) >= 11 is 0. The lowest BCUT2D eigenvalue weighted by Crippen LogP contribution is -2.27. The Labute approximate surface area is 751 Å². The summed E-state index contributed by atoms with van der Waals surface area (Å²) in [6.07, 6.45) is 0. The molecule has 7 N–H and O–H groups in total. The molecule has 8 heterocycles. The van der Waals surface area contributed by atoms with Crippen molar-refractivity contribution in [2.75, 3.05) is 119 Å². The number of benzene rings is 10. The van der Waals surface area contributed by atoms with E-state index in [-0.39, 0.29) is 5.75 Å². The molecule has 0 bridgehead atoms. The number of aromatic nitrogens is 12. The molecule has 26 nitrogen and oxygen atoms in total. The predicted molar refractivity (Wildman–Crippen MR) is 520 cm³/mol. The molecule has 1 atom stereocenters. The number of ether oxygens (including phenoxy) is 6. The number of H-pyrrole nitrogens is 6. The van der Waals surface area contributed by atoms with Crippen LogP contribution in [0.15, 0.2) is 231 Å². The maximum atomic E-state index is 12.2. The van der Waals surface area contributed by atoms with Crippen molar-refractivity contribution in [3.63, 3.8) is 0 Å². The van der Waals surface area contributed by atoms with Crippen LogP contribution in [0, 0.1) is 0 Å². The van der Waals surface area contributed by atoms with Gasteiger partial charge < -0.3 is 81.7 Å². The Bertz CT molecular complexity index is 6770. The zero-order chi connectivity index (χ0) is 89.9. The van der Waals surface area contributed by atoms with Gasteiger partial charge in [-0.2, -0.15) is 20.4 Å². The number of phenolic OH excluding ortho intramolecular Hbond substituents is 1. The van der Waals surface area contributed by atoms with Crippen LogP contribution < -0.4 is 32.9 Å². The average Bonchev–Trinajstić information content (AvgIpc) is 1.61. The molecule has 0 aliphatic heterocycles. The van der Waals surface area contributed by atoms with Crippen LogP contribution in [0.3, 0.4) is 0 Å². The largest absolute Gasteiger partial charge is 0.508 e. The van der Waals surface area contributed by atoms with E-state index < -0.39 is 7.60 Å². The van der Waals surface area contributed by atoms with Gasteiger partial charge in [0.2, 0.25) is 0 Å². The van der Waals surface area contributed by atoms with Gasteiger partial charge in [0.15, 0.2) is 0 Å². The van der Waals surface area contributed by atoms with Crippen molar-refractivity contribution in [1.29, 1.82) is 0 Å². The van der Waals surface area contributed by atoms with Crippen molar-refractivity contribution in [3.8, 4) is 91.5 Å². The number of likely N-dealkylation sites (N-methyl/N-ethyl adjacent to an activating group) is 4. The van der Waals surface area contributed by atoms with E-state index in [2.05, 4.69) is 223 Å². The normalized spacial score (nSPS) is 12.1. The zero-order valence-corrected chi connectivity index (χ0v) is 76.6. The molecule has 0 saturated heterocycles. The van der Waals surface area contributed by atoms with Crippen LogP contribution in [0.4, 0.5) is 0 Å². The molecule has 10 aromatic carbocycles. The smallest absolute Gasteiger partial charge is 0.375 e. The van der Waals surface area contributed by atoms with Crippen LogP contribution in [-0.2, 0) is 36.4 Å². The quantitative estimate of drug-likeness (QED) is 0.0178. The fourth-order valence-electron chi connectivity index (χ4n) is 15.9. The number of aromatic amines is 6. The molecule has 18 rings (SSSR count). The number of hydrogen-bond donors (Lipinski definition) is 7. The van der Waals surface area contributed by atoms with Gasteiger partial charge >= 0.3 is 7.60 Å². The molecule has 27 heteroatoms. The molecule has 1 unspecified atom stereocenters. The van der Waals surface area contributed by atoms with Crippen LogP contribution in [0.25, 0.3) is 133 Å². The third kappa shape index (κ3) is 22.3. The van der Waals surface area contributed by atoms with Crippen LogP contribution in [0.5, 0.6) is 46.0 Å². The maximum Gasteiger partial charge on any atom is 0.375 e. The molecule has 0 amide bonds. The lowest BCUT2D eigenvalue weighted by molar-refractivity contribution is 0.223. The third-order valence-electron chi connectivity index (χ3n) is 23.6. The van der Waals surface area contributed by atoms with Crippen molar-refractivity contribution in [3.05, 3.63) is 242 Å². The SMILES string of the molecule is CCN(CC)CCOc1ccc2cc(-c3n[nH]c4ccc(O)cc34)[nH]c2c1.CCN(CC)CCOc1ccc2cc(-c3n[nH]c4ccc(OCc5ccccc5)cc34)[nH]c2c1.CCN(CC)CCOc1ccc2cc(-c3n[nH]c4ccc(OP(C)(=O)OC)cc34)[nH]c2c1.CCN(CC)CCOc1ccc2cc(-c3nn(C)c4ccc(OCc5ccccc5)cc34)n(C)c2c1. The molecule has 0 aliphatic rings. The second-order valence-electron chi connectivity index (χ2n) is 31.7. The average molecular weight is 1760 g/mol. The molecular formula is C102H117N16O10P. The summed E-state index contributed by atoms with van der Waals surface area (Å²) < 4.78 is 62.9. The van der Waals surface area contributed by atoms with Gasteiger partial charge in [-0.25, -0.2) is 4.57 Å². The van der Waals surface area contributed by atoms with Gasteiger partial charge in [0, 0.05) is 138 Å². The summed E-state index contributed by atoms with van der Waals surface area (Å²) in [7, 11) is 2.30. The molecule has 129 heavy (non-hydrogen) atoms. The minimum atomic E-state index is -3.15. The first-order valence-corrected chi connectivity index (χ1v) is 46.6. The van der Waals surface area contributed by atoms with Gasteiger partial charge in [-0.1, -0.05) is 116 Å². The number of hydrogen-bond acceptors (Lipinski definition) is 18. The minimum absolute atomic E-state index is 0.227. The van der Waals surface area contributed by atoms with Gasteiger partial charge in [-0.15, -0.1) is 0 Å². The molecule has 0 aliphatic carbocycles. The van der Waals surface area contributed by atoms with Crippen molar-refractivity contribution < 1.29 is 47.1 Å². The number of aromatic hydroxyl groups is 1. The highest BCUT2D eigenvalue weighted by molar-refractivity contribution is 7.53. The summed E-state index contributed by atoms with van der Waals surface area (Å²) in [5, 5.41) is 45.6. The first kappa shape index (κ1) is 90.5. The highest BCUT2D eigenvalue weighted by atomic mass is 31.2. The monoisotopic (exact) mass is 1760 g/mol. The van der Waals surface area contributed by atoms with Crippen molar-refractivity contribution in [2.24, 2.45) is 14.1 Å².